The van der Waals surface area contributed by atoms with Gasteiger partial charge in [0.05, 0.1) is 28.5 Å². The summed E-state index contributed by atoms with van der Waals surface area (Å²) >= 11 is 2.14. The summed E-state index contributed by atoms with van der Waals surface area (Å²) in [5.74, 6) is -0.322. The summed E-state index contributed by atoms with van der Waals surface area (Å²) < 4.78 is 1.62. The maximum absolute atomic E-state index is 13.3. The van der Waals surface area contributed by atoms with Crippen LogP contribution in [0.1, 0.15) is 18.5 Å². The van der Waals surface area contributed by atoms with E-state index in [4.69, 9.17) is 0 Å². The number of rotatable bonds is 8. The molecule has 1 fully saturated rings. The molecule has 2 aromatic carbocycles. The molecule has 0 aliphatic carbocycles. The van der Waals surface area contributed by atoms with Gasteiger partial charge in [0.15, 0.2) is 5.16 Å². The Balaban J connectivity index is 1.50. The van der Waals surface area contributed by atoms with Gasteiger partial charge in [-0.05, 0) is 24.6 Å². The van der Waals surface area contributed by atoms with E-state index in [9.17, 15) is 19.2 Å². The van der Waals surface area contributed by atoms with E-state index in [1.54, 1.807) is 22.8 Å². The van der Waals surface area contributed by atoms with Gasteiger partial charge in [-0.15, -0.1) is 0 Å². The number of aromatic nitrogens is 2. The molecule has 1 aromatic heterocycles. The van der Waals surface area contributed by atoms with Gasteiger partial charge in [-0.25, -0.2) is 4.98 Å². The van der Waals surface area contributed by atoms with Crippen molar-refractivity contribution in [1.29, 1.82) is 0 Å². The zero-order chi connectivity index (χ0) is 23.4. The number of thioether (sulfide) groups is 2. The molecule has 2 heterocycles. The summed E-state index contributed by atoms with van der Waals surface area (Å²) in [6.07, 6.45) is 0. The molecule has 33 heavy (non-hydrogen) atoms. The zero-order valence-electron chi connectivity index (χ0n) is 17.9. The quantitative estimate of drug-likeness (QED) is 0.389. The highest BCUT2D eigenvalue weighted by Crippen LogP contribution is 2.25. The number of nitrogens with zero attached hydrogens (tertiary/aromatic N) is 3. The molecule has 0 radical (unpaired) electrons. The molecule has 0 bridgehead atoms. The van der Waals surface area contributed by atoms with Gasteiger partial charge in [0.1, 0.15) is 0 Å². The van der Waals surface area contributed by atoms with Gasteiger partial charge in [-0.1, -0.05) is 66.0 Å². The lowest BCUT2D eigenvalue weighted by Crippen LogP contribution is -2.38. The minimum atomic E-state index is -0.289. The lowest BCUT2D eigenvalue weighted by molar-refractivity contribution is -0.125. The van der Waals surface area contributed by atoms with E-state index in [1.807, 2.05) is 43.3 Å². The van der Waals surface area contributed by atoms with Crippen LogP contribution >= 0.6 is 23.5 Å². The molecule has 0 saturated carbocycles. The van der Waals surface area contributed by atoms with E-state index in [-0.39, 0.29) is 53.2 Å². The summed E-state index contributed by atoms with van der Waals surface area (Å²) in [6.45, 7) is 2.25. The zero-order valence-corrected chi connectivity index (χ0v) is 19.5. The molecule has 1 atom stereocenters. The molecular formula is C23H22N4O4S2. The third kappa shape index (κ3) is 5.12. The van der Waals surface area contributed by atoms with Gasteiger partial charge < -0.3 is 5.32 Å². The van der Waals surface area contributed by atoms with Crippen LogP contribution in [0.2, 0.25) is 0 Å². The average molecular weight is 483 g/mol. The van der Waals surface area contributed by atoms with E-state index in [0.717, 1.165) is 22.2 Å². The molecule has 8 nitrogen and oxygen atoms in total. The van der Waals surface area contributed by atoms with Crippen molar-refractivity contribution >= 4 is 51.5 Å². The lowest BCUT2D eigenvalue weighted by atomic mass is 10.1. The number of nitrogens with one attached hydrogen (secondary N) is 1. The van der Waals surface area contributed by atoms with Crippen LogP contribution in [-0.4, -0.2) is 56.1 Å². The maximum Gasteiger partial charge on any atom is 0.288 e. The molecule has 4 rings (SSSR count). The predicted octanol–water partition coefficient (Wildman–Crippen LogP) is 2.91. The number of imide groups is 1. The van der Waals surface area contributed by atoms with Crippen molar-refractivity contribution < 1.29 is 14.4 Å². The fourth-order valence-corrected chi connectivity index (χ4v) is 5.19. The number of carbonyl (C=O) groups is 3. The number of para-hydroxylation sites is 1. The maximum atomic E-state index is 13.3. The van der Waals surface area contributed by atoms with Crippen molar-refractivity contribution in [3.05, 3.63) is 70.5 Å². The normalized spacial score (nSPS) is 14.6. The van der Waals surface area contributed by atoms with Crippen LogP contribution in [0.15, 0.2) is 64.5 Å². The number of amides is 3. The molecule has 3 aromatic rings. The molecule has 1 N–H and O–H groups in total. The van der Waals surface area contributed by atoms with Crippen molar-refractivity contribution in [3.8, 4) is 0 Å². The van der Waals surface area contributed by atoms with E-state index in [0.29, 0.717) is 16.1 Å². The van der Waals surface area contributed by atoms with Crippen LogP contribution in [-0.2, 0) is 9.59 Å². The smallest absolute Gasteiger partial charge is 0.288 e. The van der Waals surface area contributed by atoms with Crippen LogP contribution in [0.25, 0.3) is 10.9 Å². The Morgan fingerprint density at radius 3 is 2.58 bits per heavy atom. The summed E-state index contributed by atoms with van der Waals surface area (Å²) in [5, 5.41) is 3.40. The average Bonchev–Trinajstić information content (AvgIpc) is 3.15. The second kappa shape index (κ2) is 10.2. The molecule has 170 valence electrons. The molecule has 1 aliphatic rings. The highest BCUT2D eigenvalue weighted by Gasteiger charge is 2.29. The van der Waals surface area contributed by atoms with Crippen molar-refractivity contribution in [2.24, 2.45) is 0 Å². The van der Waals surface area contributed by atoms with Gasteiger partial charge in [-0.2, -0.15) is 0 Å². The molecule has 0 spiro atoms. The summed E-state index contributed by atoms with van der Waals surface area (Å²) in [5.41, 5.74) is 1.37. The SMILES string of the molecule is CC(c1ccccc1)n1c(SCC(=O)NCCN2C(=O)CSC2=O)nc2ccccc2c1=O. The first-order valence-corrected chi connectivity index (χ1v) is 12.4. The summed E-state index contributed by atoms with van der Waals surface area (Å²) in [4.78, 5) is 54.8. The standard InChI is InChI=1S/C23H22N4O4S2/c1-15(16-7-3-2-4-8-16)27-21(30)17-9-5-6-10-18(17)25-22(27)32-13-19(28)24-11-12-26-20(29)14-33-23(26)31/h2-10,15H,11-14H2,1H3,(H,24,28). The van der Waals surface area contributed by atoms with Crippen LogP contribution < -0.4 is 10.9 Å². The largest absolute Gasteiger partial charge is 0.354 e. The number of hydrogen-bond donors (Lipinski definition) is 1. The molecule has 3 amide bonds. The molecule has 1 saturated heterocycles. The Hall–Kier alpha value is -3.11. The number of fused-ring (bicyclic) bond motifs is 1. The number of carbonyl (C=O) groups excluding carboxylic acids is 3. The van der Waals surface area contributed by atoms with Crippen LogP contribution in [0.3, 0.4) is 0 Å². The van der Waals surface area contributed by atoms with E-state index in [1.165, 1.54) is 11.8 Å². The molecule has 10 heteroatoms. The van der Waals surface area contributed by atoms with E-state index in [2.05, 4.69) is 10.3 Å². The highest BCUT2D eigenvalue weighted by molar-refractivity contribution is 8.14. The Morgan fingerprint density at radius 2 is 1.85 bits per heavy atom. The lowest BCUT2D eigenvalue weighted by Gasteiger charge is -2.20. The van der Waals surface area contributed by atoms with Crippen LogP contribution in [0.5, 0.6) is 0 Å². The Labute approximate surface area is 198 Å². The van der Waals surface area contributed by atoms with Crippen molar-refractivity contribution in [1.82, 2.24) is 19.8 Å². The second-order valence-electron chi connectivity index (χ2n) is 7.41. The fraction of sp³-hybridized carbons (Fsp3) is 0.261. The third-order valence-corrected chi connectivity index (χ3v) is 7.09. The van der Waals surface area contributed by atoms with Gasteiger partial charge in [0.2, 0.25) is 11.8 Å². The van der Waals surface area contributed by atoms with Crippen molar-refractivity contribution in [2.45, 2.75) is 18.1 Å². The van der Waals surface area contributed by atoms with Crippen LogP contribution in [0, 0.1) is 0 Å². The first-order valence-electron chi connectivity index (χ1n) is 10.4. The molecule has 1 unspecified atom stereocenters. The van der Waals surface area contributed by atoms with Crippen LogP contribution in [0.4, 0.5) is 4.79 Å². The minimum Gasteiger partial charge on any atom is -0.354 e. The Morgan fingerprint density at radius 1 is 1.12 bits per heavy atom. The van der Waals surface area contributed by atoms with Crippen molar-refractivity contribution in [3.63, 3.8) is 0 Å². The number of benzene rings is 2. The third-order valence-electron chi connectivity index (χ3n) is 5.28. The van der Waals surface area contributed by atoms with E-state index >= 15 is 0 Å². The number of hydrogen-bond acceptors (Lipinski definition) is 7. The second-order valence-corrected chi connectivity index (χ2v) is 9.28. The Kier molecular flexibility index (Phi) is 7.14. The predicted molar refractivity (Wildman–Crippen MR) is 130 cm³/mol. The highest BCUT2D eigenvalue weighted by atomic mass is 32.2. The summed E-state index contributed by atoms with van der Waals surface area (Å²) in [7, 11) is 0. The van der Waals surface area contributed by atoms with Gasteiger partial charge in [0, 0.05) is 13.1 Å². The first kappa shape index (κ1) is 23.1. The monoisotopic (exact) mass is 482 g/mol. The molecular weight excluding hydrogens is 460 g/mol. The van der Waals surface area contributed by atoms with E-state index < -0.39 is 0 Å². The van der Waals surface area contributed by atoms with Gasteiger partial charge >= 0.3 is 0 Å². The Bertz CT molecular complexity index is 1250. The minimum absolute atomic E-state index is 0.0446. The first-order chi connectivity index (χ1) is 16.0. The van der Waals surface area contributed by atoms with Gasteiger partial charge in [-0.3, -0.25) is 28.6 Å². The summed E-state index contributed by atoms with van der Waals surface area (Å²) in [6, 6.07) is 16.5. The molecule has 1 aliphatic heterocycles. The van der Waals surface area contributed by atoms with Crippen molar-refractivity contribution in [2.75, 3.05) is 24.6 Å². The topological polar surface area (TPSA) is 101 Å². The fourth-order valence-electron chi connectivity index (χ4n) is 3.53. The van der Waals surface area contributed by atoms with Gasteiger partial charge in [0.25, 0.3) is 10.8 Å².